The van der Waals surface area contributed by atoms with Gasteiger partial charge in [0.05, 0.1) is 0 Å². The fraction of sp³-hybridized carbons (Fsp3) is 0.923. The van der Waals surface area contributed by atoms with Crippen LogP contribution in [0.5, 0.6) is 0 Å². The topological polar surface area (TPSA) is 41.1 Å². The second-order valence-electron chi connectivity index (χ2n) is 5.08. The van der Waals surface area contributed by atoms with E-state index in [1.165, 1.54) is 19.3 Å². The van der Waals surface area contributed by atoms with Crippen molar-refractivity contribution in [3.8, 4) is 0 Å². The molecule has 0 spiro atoms. The predicted octanol–water partition coefficient (Wildman–Crippen LogP) is 2.07. The van der Waals surface area contributed by atoms with E-state index in [-0.39, 0.29) is 11.3 Å². The number of nitrogens with one attached hydrogen (secondary N) is 2. The van der Waals surface area contributed by atoms with Crippen LogP contribution in [0, 0.1) is 5.41 Å². The lowest BCUT2D eigenvalue weighted by molar-refractivity contribution is -0.131. The maximum atomic E-state index is 12.0. The molecule has 0 saturated heterocycles. The summed E-state index contributed by atoms with van der Waals surface area (Å²) in [7, 11) is 0. The van der Waals surface area contributed by atoms with Crippen molar-refractivity contribution in [3.05, 3.63) is 0 Å². The molecule has 0 atom stereocenters. The zero-order valence-corrected chi connectivity index (χ0v) is 10.8. The van der Waals surface area contributed by atoms with Crippen LogP contribution < -0.4 is 10.6 Å². The first-order valence-electron chi connectivity index (χ1n) is 6.68. The van der Waals surface area contributed by atoms with Gasteiger partial charge in [0.25, 0.3) is 0 Å². The molecule has 2 N–H and O–H groups in total. The van der Waals surface area contributed by atoms with Gasteiger partial charge in [-0.1, -0.05) is 33.1 Å². The van der Waals surface area contributed by atoms with Crippen molar-refractivity contribution < 1.29 is 4.79 Å². The lowest BCUT2D eigenvalue weighted by Crippen LogP contribution is -2.41. The Morgan fingerprint density at radius 2 is 1.88 bits per heavy atom. The molecule has 1 aliphatic rings. The van der Waals surface area contributed by atoms with Crippen molar-refractivity contribution in [2.45, 2.75) is 52.4 Å². The Kier molecular flexibility index (Phi) is 5.81. The molecule has 94 valence electrons. The largest absolute Gasteiger partial charge is 0.356 e. The van der Waals surface area contributed by atoms with Crippen molar-refractivity contribution in [1.82, 2.24) is 10.6 Å². The predicted molar refractivity (Wildman–Crippen MR) is 67.4 cm³/mol. The molecule has 1 aliphatic carbocycles. The lowest BCUT2D eigenvalue weighted by Gasteiger charge is -2.32. The summed E-state index contributed by atoms with van der Waals surface area (Å²) in [6, 6.07) is 0. The van der Waals surface area contributed by atoms with Crippen molar-refractivity contribution in [2.75, 3.05) is 19.6 Å². The minimum atomic E-state index is -0.0869. The van der Waals surface area contributed by atoms with Gasteiger partial charge in [0, 0.05) is 12.0 Å². The average molecular weight is 226 g/mol. The Labute approximate surface area is 99.4 Å². The van der Waals surface area contributed by atoms with E-state index in [0.717, 1.165) is 38.9 Å². The fourth-order valence-electron chi connectivity index (χ4n) is 2.36. The van der Waals surface area contributed by atoms with Crippen molar-refractivity contribution in [3.63, 3.8) is 0 Å². The normalized spacial score (nSPS) is 19.4. The Hall–Kier alpha value is -0.570. The summed E-state index contributed by atoms with van der Waals surface area (Å²) in [5.41, 5.74) is -0.0869. The molecule has 1 fully saturated rings. The summed E-state index contributed by atoms with van der Waals surface area (Å²) >= 11 is 0. The molecule has 0 radical (unpaired) electrons. The first-order valence-corrected chi connectivity index (χ1v) is 6.68. The van der Waals surface area contributed by atoms with Gasteiger partial charge in [0.1, 0.15) is 0 Å². The maximum absolute atomic E-state index is 12.0. The van der Waals surface area contributed by atoms with Gasteiger partial charge >= 0.3 is 0 Å². The van der Waals surface area contributed by atoms with Crippen molar-refractivity contribution in [1.29, 1.82) is 0 Å². The van der Waals surface area contributed by atoms with Crippen molar-refractivity contribution >= 4 is 5.91 Å². The molecular weight excluding hydrogens is 200 g/mol. The molecule has 0 bridgehead atoms. The van der Waals surface area contributed by atoms with E-state index < -0.39 is 0 Å². The third kappa shape index (κ3) is 4.12. The van der Waals surface area contributed by atoms with Gasteiger partial charge in [-0.15, -0.1) is 0 Å². The van der Waals surface area contributed by atoms with E-state index in [4.69, 9.17) is 0 Å². The zero-order chi connectivity index (χ0) is 11.9. The number of hydrogen-bond donors (Lipinski definition) is 2. The van der Waals surface area contributed by atoms with E-state index >= 15 is 0 Å². The molecule has 0 aromatic rings. The monoisotopic (exact) mass is 226 g/mol. The van der Waals surface area contributed by atoms with E-state index in [1.54, 1.807) is 0 Å². The fourth-order valence-corrected chi connectivity index (χ4v) is 2.36. The smallest absolute Gasteiger partial charge is 0.225 e. The molecular formula is C13H26N2O. The van der Waals surface area contributed by atoms with E-state index in [1.807, 2.05) is 0 Å². The Balaban J connectivity index is 2.18. The van der Waals surface area contributed by atoms with Crippen LogP contribution >= 0.6 is 0 Å². The first kappa shape index (κ1) is 13.5. The molecule has 16 heavy (non-hydrogen) atoms. The standard InChI is InChI=1S/C13H26N2O/c1-3-14-10-7-11-15-12(16)13(2)8-5-4-6-9-13/h14H,3-11H2,1-2H3,(H,15,16). The molecule has 1 rings (SSSR count). The maximum Gasteiger partial charge on any atom is 0.225 e. The summed E-state index contributed by atoms with van der Waals surface area (Å²) in [4.78, 5) is 12.0. The van der Waals surface area contributed by atoms with Gasteiger partial charge in [-0.05, 0) is 32.4 Å². The van der Waals surface area contributed by atoms with Crippen molar-refractivity contribution in [2.24, 2.45) is 5.41 Å². The van der Waals surface area contributed by atoms with Crippen LogP contribution in [0.4, 0.5) is 0 Å². The van der Waals surface area contributed by atoms with E-state index in [9.17, 15) is 4.79 Å². The highest BCUT2D eigenvalue weighted by Crippen LogP contribution is 2.35. The van der Waals surface area contributed by atoms with Crippen LogP contribution in [0.25, 0.3) is 0 Å². The molecule has 1 amide bonds. The Morgan fingerprint density at radius 3 is 2.50 bits per heavy atom. The minimum absolute atomic E-state index is 0.0869. The third-order valence-electron chi connectivity index (χ3n) is 3.57. The van der Waals surface area contributed by atoms with Gasteiger partial charge in [-0.2, -0.15) is 0 Å². The van der Waals surface area contributed by atoms with Crippen LogP contribution in [-0.4, -0.2) is 25.5 Å². The summed E-state index contributed by atoms with van der Waals surface area (Å²) in [5, 5.41) is 6.33. The quantitative estimate of drug-likeness (QED) is 0.681. The molecule has 0 aliphatic heterocycles. The third-order valence-corrected chi connectivity index (χ3v) is 3.57. The Bertz CT molecular complexity index is 210. The molecule has 0 aromatic carbocycles. The number of amides is 1. The highest BCUT2D eigenvalue weighted by molar-refractivity contribution is 5.82. The minimum Gasteiger partial charge on any atom is -0.356 e. The second-order valence-corrected chi connectivity index (χ2v) is 5.08. The summed E-state index contributed by atoms with van der Waals surface area (Å²) in [6.07, 6.45) is 6.86. The van der Waals surface area contributed by atoms with Crippen LogP contribution in [0.3, 0.4) is 0 Å². The van der Waals surface area contributed by atoms with Gasteiger partial charge < -0.3 is 10.6 Å². The molecule has 3 nitrogen and oxygen atoms in total. The van der Waals surface area contributed by atoms with Crippen LogP contribution in [0.2, 0.25) is 0 Å². The van der Waals surface area contributed by atoms with E-state index in [2.05, 4.69) is 24.5 Å². The highest BCUT2D eigenvalue weighted by atomic mass is 16.2. The van der Waals surface area contributed by atoms with Crippen LogP contribution in [-0.2, 0) is 4.79 Å². The summed E-state index contributed by atoms with van der Waals surface area (Å²) in [6.45, 7) is 7.02. The van der Waals surface area contributed by atoms with Crippen LogP contribution in [0.15, 0.2) is 0 Å². The number of carbonyl (C=O) groups is 1. The molecule has 1 saturated carbocycles. The molecule has 0 unspecified atom stereocenters. The van der Waals surface area contributed by atoms with Gasteiger partial charge in [-0.25, -0.2) is 0 Å². The van der Waals surface area contributed by atoms with E-state index in [0.29, 0.717) is 0 Å². The summed E-state index contributed by atoms with van der Waals surface area (Å²) < 4.78 is 0. The molecule has 0 heterocycles. The van der Waals surface area contributed by atoms with Gasteiger partial charge in [-0.3, -0.25) is 4.79 Å². The van der Waals surface area contributed by atoms with Gasteiger partial charge in [0.15, 0.2) is 0 Å². The zero-order valence-electron chi connectivity index (χ0n) is 10.8. The average Bonchev–Trinajstić information content (AvgIpc) is 2.29. The highest BCUT2D eigenvalue weighted by Gasteiger charge is 2.33. The van der Waals surface area contributed by atoms with Gasteiger partial charge in [0.2, 0.25) is 5.91 Å². The number of rotatable bonds is 6. The second kappa shape index (κ2) is 6.89. The number of hydrogen-bond acceptors (Lipinski definition) is 2. The SMILES string of the molecule is CCNCCCNC(=O)C1(C)CCCCC1. The number of carbonyl (C=O) groups excluding carboxylic acids is 1. The first-order chi connectivity index (χ1) is 7.69. The van der Waals surface area contributed by atoms with Crippen LogP contribution in [0.1, 0.15) is 52.4 Å². The lowest BCUT2D eigenvalue weighted by atomic mass is 9.75. The summed E-state index contributed by atoms with van der Waals surface area (Å²) in [5.74, 6) is 0.267. The molecule has 0 aromatic heterocycles. The molecule has 3 heteroatoms. The Morgan fingerprint density at radius 1 is 1.19 bits per heavy atom.